The monoisotopic (exact) mass is 385 g/mol. The van der Waals surface area contributed by atoms with Gasteiger partial charge < -0.3 is 15.4 Å². The van der Waals surface area contributed by atoms with Crippen LogP contribution >= 0.6 is 0 Å². The number of nitro groups is 1. The Hall–Kier alpha value is -4.01. The number of carbonyl (C=O) groups is 1. The number of urea groups is 1. The first kappa shape index (κ1) is 18.8. The molecule has 28 heavy (non-hydrogen) atoms. The van der Waals surface area contributed by atoms with Gasteiger partial charge in [-0.15, -0.1) is 0 Å². The molecule has 7 nitrogen and oxygen atoms in total. The molecule has 0 saturated carbocycles. The van der Waals surface area contributed by atoms with E-state index in [4.69, 9.17) is 4.74 Å². The molecular formula is C19H13F2N3O4. The van der Waals surface area contributed by atoms with Crippen LogP contribution < -0.4 is 15.4 Å². The maximum Gasteiger partial charge on any atom is 0.323 e. The number of halogens is 2. The second-order valence-corrected chi connectivity index (χ2v) is 5.53. The van der Waals surface area contributed by atoms with E-state index in [1.807, 2.05) is 0 Å². The zero-order valence-electron chi connectivity index (χ0n) is 14.2. The lowest BCUT2D eigenvalue weighted by Gasteiger charge is -2.13. The number of nitrogens with one attached hydrogen (secondary N) is 2. The number of non-ortho nitro benzene ring substituents is 1. The van der Waals surface area contributed by atoms with Crippen molar-refractivity contribution in [2.45, 2.75) is 0 Å². The molecule has 0 spiro atoms. The number of ether oxygens (including phenoxy) is 1. The highest BCUT2D eigenvalue weighted by Gasteiger charge is 2.14. The molecule has 0 heterocycles. The van der Waals surface area contributed by atoms with Crippen molar-refractivity contribution in [1.82, 2.24) is 0 Å². The Morgan fingerprint density at radius 1 is 0.893 bits per heavy atom. The molecule has 0 fully saturated rings. The molecule has 3 aromatic carbocycles. The van der Waals surface area contributed by atoms with Gasteiger partial charge in [0.1, 0.15) is 23.1 Å². The second kappa shape index (κ2) is 8.12. The van der Waals surface area contributed by atoms with Crippen LogP contribution in [0.1, 0.15) is 0 Å². The molecule has 0 aliphatic rings. The van der Waals surface area contributed by atoms with Gasteiger partial charge in [-0.1, -0.05) is 18.2 Å². The highest BCUT2D eigenvalue weighted by Crippen LogP contribution is 2.30. The number of para-hydroxylation sites is 3. The van der Waals surface area contributed by atoms with E-state index in [-0.39, 0.29) is 17.1 Å². The molecule has 0 aliphatic carbocycles. The van der Waals surface area contributed by atoms with E-state index >= 15 is 0 Å². The summed E-state index contributed by atoms with van der Waals surface area (Å²) < 4.78 is 32.9. The zero-order valence-corrected chi connectivity index (χ0v) is 14.2. The Labute approximate surface area is 157 Å². The summed E-state index contributed by atoms with van der Waals surface area (Å²) in [5, 5.41) is 15.3. The van der Waals surface area contributed by atoms with E-state index in [1.54, 1.807) is 18.2 Å². The number of carbonyl (C=O) groups excluding carboxylic acids is 1. The van der Waals surface area contributed by atoms with Crippen LogP contribution in [-0.2, 0) is 0 Å². The first-order valence-corrected chi connectivity index (χ1v) is 7.97. The van der Waals surface area contributed by atoms with Crippen molar-refractivity contribution in [2.75, 3.05) is 10.6 Å². The highest BCUT2D eigenvalue weighted by atomic mass is 19.1. The van der Waals surface area contributed by atoms with Gasteiger partial charge in [-0.3, -0.25) is 10.1 Å². The average Bonchev–Trinajstić information content (AvgIpc) is 2.67. The minimum absolute atomic E-state index is 0.0925. The molecule has 0 aliphatic heterocycles. The Morgan fingerprint density at radius 3 is 2.18 bits per heavy atom. The number of hydrogen-bond donors (Lipinski definition) is 2. The van der Waals surface area contributed by atoms with E-state index < -0.39 is 28.3 Å². The molecule has 2 amide bonds. The van der Waals surface area contributed by atoms with Crippen molar-refractivity contribution in [1.29, 1.82) is 0 Å². The molecule has 9 heteroatoms. The summed E-state index contributed by atoms with van der Waals surface area (Å²) >= 11 is 0. The molecule has 0 radical (unpaired) electrons. The fraction of sp³-hybridized carbons (Fsp3) is 0. The molecular weight excluding hydrogens is 372 g/mol. The van der Waals surface area contributed by atoms with Gasteiger partial charge in [0.05, 0.1) is 10.6 Å². The van der Waals surface area contributed by atoms with Gasteiger partial charge in [-0.2, -0.15) is 0 Å². The maximum atomic E-state index is 13.7. The summed E-state index contributed by atoms with van der Waals surface area (Å²) in [6.07, 6.45) is 0. The Balaban J connectivity index is 1.75. The van der Waals surface area contributed by atoms with E-state index in [0.29, 0.717) is 5.75 Å². The van der Waals surface area contributed by atoms with Gasteiger partial charge >= 0.3 is 6.03 Å². The molecule has 0 saturated heterocycles. The number of nitro benzene ring substituents is 1. The number of nitrogens with zero attached hydrogens (tertiary/aromatic N) is 1. The Morgan fingerprint density at radius 2 is 1.54 bits per heavy atom. The third-order valence-corrected chi connectivity index (χ3v) is 3.61. The van der Waals surface area contributed by atoms with Crippen molar-refractivity contribution >= 4 is 23.1 Å². The summed E-state index contributed by atoms with van der Waals surface area (Å²) in [7, 11) is 0. The van der Waals surface area contributed by atoms with Gasteiger partial charge in [0.2, 0.25) is 0 Å². The third kappa shape index (κ3) is 4.39. The van der Waals surface area contributed by atoms with E-state index in [9.17, 15) is 23.7 Å². The van der Waals surface area contributed by atoms with Crippen molar-refractivity contribution in [3.8, 4) is 11.5 Å². The zero-order chi connectivity index (χ0) is 20.1. The normalized spacial score (nSPS) is 10.2. The standard InChI is InChI=1S/C19H13F2N3O4/c20-14-4-3-5-15(21)18(14)23-19(25)22-16-6-1-2-7-17(16)28-13-10-8-12(9-11-13)24(26)27/h1-11H,(H2,22,23,25). The quantitative estimate of drug-likeness (QED) is 0.460. The van der Waals surface area contributed by atoms with E-state index in [1.165, 1.54) is 36.4 Å². The molecule has 3 aromatic rings. The van der Waals surface area contributed by atoms with Crippen LogP contribution in [0.5, 0.6) is 11.5 Å². The molecule has 0 atom stereocenters. The molecule has 2 N–H and O–H groups in total. The predicted molar refractivity (Wildman–Crippen MR) is 98.6 cm³/mol. The van der Waals surface area contributed by atoms with Gasteiger partial charge in [-0.05, 0) is 36.4 Å². The molecule has 0 unspecified atom stereocenters. The molecule has 142 valence electrons. The third-order valence-electron chi connectivity index (χ3n) is 3.61. The van der Waals surface area contributed by atoms with Crippen LogP contribution in [-0.4, -0.2) is 11.0 Å². The minimum Gasteiger partial charge on any atom is -0.455 e. The summed E-state index contributed by atoms with van der Waals surface area (Å²) in [4.78, 5) is 22.3. The average molecular weight is 385 g/mol. The summed E-state index contributed by atoms with van der Waals surface area (Å²) in [5.41, 5.74) is -0.436. The van der Waals surface area contributed by atoms with E-state index in [0.717, 1.165) is 12.1 Å². The molecule has 3 rings (SSSR count). The number of benzene rings is 3. The van der Waals surface area contributed by atoms with Crippen molar-refractivity contribution in [2.24, 2.45) is 0 Å². The van der Waals surface area contributed by atoms with Crippen LogP contribution in [0.2, 0.25) is 0 Å². The first-order valence-electron chi connectivity index (χ1n) is 7.97. The van der Waals surface area contributed by atoms with Crippen LogP contribution in [0.3, 0.4) is 0 Å². The lowest BCUT2D eigenvalue weighted by atomic mass is 10.2. The SMILES string of the molecule is O=C(Nc1ccccc1Oc1ccc([N+](=O)[O-])cc1)Nc1c(F)cccc1F. The van der Waals surface area contributed by atoms with Crippen molar-refractivity contribution in [3.05, 3.63) is 88.5 Å². The van der Waals surface area contributed by atoms with Crippen LogP contribution in [0.4, 0.5) is 30.6 Å². The lowest BCUT2D eigenvalue weighted by Crippen LogP contribution is -2.21. The van der Waals surface area contributed by atoms with Gasteiger partial charge in [0.15, 0.2) is 5.75 Å². The second-order valence-electron chi connectivity index (χ2n) is 5.53. The van der Waals surface area contributed by atoms with Crippen LogP contribution in [0.25, 0.3) is 0 Å². The van der Waals surface area contributed by atoms with Crippen LogP contribution in [0, 0.1) is 21.7 Å². The first-order chi connectivity index (χ1) is 13.4. The number of rotatable bonds is 5. The summed E-state index contributed by atoms with van der Waals surface area (Å²) in [6, 6.07) is 14.1. The summed E-state index contributed by atoms with van der Waals surface area (Å²) in [6.45, 7) is 0. The number of amides is 2. The number of hydrogen-bond acceptors (Lipinski definition) is 4. The molecule has 0 bridgehead atoms. The van der Waals surface area contributed by atoms with Crippen LogP contribution in [0.15, 0.2) is 66.7 Å². The smallest absolute Gasteiger partial charge is 0.323 e. The van der Waals surface area contributed by atoms with Gasteiger partial charge in [0.25, 0.3) is 5.69 Å². The topological polar surface area (TPSA) is 93.5 Å². The molecule has 0 aromatic heterocycles. The Bertz CT molecular complexity index is 1010. The van der Waals surface area contributed by atoms with Crippen molar-refractivity contribution < 1.29 is 23.2 Å². The maximum absolute atomic E-state index is 13.7. The van der Waals surface area contributed by atoms with Gasteiger partial charge in [-0.25, -0.2) is 13.6 Å². The van der Waals surface area contributed by atoms with E-state index in [2.05, 4.69) is 10.6 Å². The highest BCUT2D eigenvalue weighted by molar-refractivity contribution is 6.00. The minimum atomic E-state index is -0.912. The fourth-order valence-corrected chi connectivity index (χ4v) is 2.31. The Kier molecular flexibility index (Phi) is 5.45. The predicted octanol–water partition coefficient (Wildman–Crippen LogP) is 5.31. The summed E-state index contributed by atoms with van der Waals surface area (Å²) in [5.74, 6) is -1.28. The van der Waals surface area contributed by atoms with Gasteiger partial charge in [0, 0.05) is 12.1 Å². The van der Waals surface area contributed by atoms with Crippen molar-refractivity contribution in [3.63, 3.8) is 0 Å². The number of anilines is 2. The lowest BCUT2D eigenvalue weighted by molar-refractivity contribution is -0.384. The fourth-order valence-electron chi connectivity index (χ4n) is 2.31. The largest absolute Gasteiger partial charge is 0.455 e.